The van der Waals surface area contributed by atoms with Gasteiger partial charge in [-0.2, -0.15) is 0 Å². The van der Waals surface area contributed by atoms with Crippen LogP contribution in [0.2, 0.25) is 0 Å². The Bertz CT molecular complexity index is 6730. The Morgan fingerprint density at radius 1 is 0.250 bits per heavy atom. The van der Waals surface area contributed by atoms with Crippen molar-refractivity contribution >= 4 is 50.5 Å². The molecule has 132 heavy (non-hydrogen) atoms. The molecular formula is C125H116O7. The maximum Gasteiger partial charge on any atom is 0.178 e. The minimum atomic E-state index is -0.986. The molecule has 7 heteroatoms. The van der Waals surface area contributed by atoms with Crippen molar-refractivity contribution in [2.24, 2.45) is 0 Å². The van der Waals surface area contributed by atoms with Crippen LogP contribution < -0.4 is 33.2 Å². The van der Waals surface area contributed by atoms with Crippen molar-refractivity contribution < 1.29 is 33.2 Å². The fourth-order valence-electron chi connectivity index (χ4n) is 20.2. The Hall–Kier alpha value is -13.9. The molecule has 3 heterocycles. The first-order valence-electron chi connectivity index (χ1n) is 47.1. The van der Waals surface area contributed by atoms with Crippen molar-refractivity contribution in [1.82, 2.24) is 0 Å². The lowest BCUT2D eigenvalue weighted by Crippen LogP contribution is -2.34. The van der Waals surface area contributed by atoms with Gasteiger partial charge in [0.25, 0.3) is 0 Å². The summed E-state index contributed by atoms with van der Waals surface area (Å²) >= 11 is 0. The van der Waals surface area contributed by atoms with Crippen LogP contribution in [0.25, 0.3) is 50.5 Å². The molecule has 0 spiro atoms. The minimum absolute atomic E-state index is 0.151. The molecule has 3 aliphatic heterocycles. The van der Waals surface area contributed by atoms with E-state index < -0.39 is 16.8 Å². The van der Waals surface area contributed by atoms with Crippen molar-refractivity contribution in [1.29, 1.82) is 0 Å². The van der Waals surface area contributed by atoms with E-state index >= 15 is 0 Å². The molecule has 8 bridgehead atoms. The van der Waals surface area contributed by atoms with E-state index in [1.807, 2.05) is 0 Å². The SMILES string of the molecule is CCCOc1c2cc(C(C)(C)C)cc1Cc1cc(C(C)(C)C)cc(c1OCc1cc3ccccc3c3c1OC(c1ccccc1)(c1ccccc1)C=C3)Cc1cc(C(C)(C)C)cc(c1OCc1cc3ccccc3c3c1OC(c1ccccc1)(c1ccccc1)C=C3)Cc1cc(C(C)(C)C)cc(c1OCc1cc3ccccc3c3c1OC(c1ccccc1)(c1ccccc1)C=C3)C2. The molecule has 4 aliphatic rings. The fourth-order valence-corrected chi connectivity index (χ4v) is 20.2. The molecule has 20 rings (SSSR count). The molecule has 0 saturated heterocycles. The highest BCUT2D eigenvalue weighted by Crippen LogP contribution is 2.54. The molecule has 0 saturated carbocycles. The Kier molecular flexibility index (Phi) is 22.5. The summed E-state index contributed by atoms with van der Waals surface area (Å²) in [6, 6.07) is 116. The monoisotopic (exact) mass is 1730 g/mol. The van der Waals surface area contributed by atoms with E-state index in [0.29, 0.717) is 32.3 Å². The van der Waals surface area contributed by atoms with Crippen molar-refractivity contribution in [3.8, 4) is 40.2 Å². The first-order valence-corrected chi connectivity index (χ1v) is 47.1. The van der Waals surface area contributed by atoms with Crippen molar-refractivity contribution in [3.63, 3.8) is 0 Å². The van der Waals surface area contributed by atoms with Crippen LogP contribution in [0.5, 0.6) is 40.2 Å². The molecule has 0 fully saturated rings. The van der Waals surface area contributed by atoms with Crippen LogP contribution in [0.4, 0.5) is 0 Å². The molecule has 658 valence electrons. The molecule has 0 amide bonds. The van der Waals surface area contributed by atoms with E-state index in [1.54, 1.807) is 0 Å². The summed E-state index contributed by atoms with van der Waals surface area (Å²) in [6.07, 6.45) is 16.2. The Labute approximate surface area is 779 Å². The molecule has 0 atom stereocenters. The van der Waals surface area contributed by atoms with Gasteiger partial charge in [0, 0.05) is 92.4 Å². The van der Waals surface area contributed by atoms with E-state index in [9.17, 15) is 0 Å². The first kappa shape index (κ1) is 86.2. The smallest absolute Gasteiger partial charge is 0.178 e. The van der Waals surface area contributed by atoms with Crippen LogP contribution in [0.3, 0.4) is 0 Å². The summed E-state index contributed by atoms with van der Waals surface area (Å²) in [5, 5.41) is 6.58. The van der Waals surface area contributed by atoms with Crippen LogP contribution in [-0.2, 0) is 84.0 Å². The number of fused-ring (bicyclic) bond motifs is 17. The minimum Gasteiger partial charge on any atom is -0.493 e. The Balaban J connectivity index is 0.830. The van der Waals surface area contributed by atoms with E-state index in [4.69, 9.17) is 33.2 Å². The normalized spacial score (nSPS) is 14.7. The molecular weight excluding hydrogens is 1610 g/mol. The summed E-state index contributed by atoms with van der Waals surface area (Å²) in [6.45, 7) is 31.3. The number of benzene rings is 16. The predicted molar refractivity (Wildman–Crippen MR) is 542 cm³/mol. The van der Waals surface area contributed by atoms with E-state index in [0.717, 1.165) is 190 Å². The zero-order valence-corrected chi connectivity index (χ0v) is 78.3. The van der Waals surface area contributed by atoms with Gasteiger partial charge in [0.1, 0.15) is 60.1 Å². The van der Waals surface area contributed by atoms with Crippen molar-refractivity contribution in [3.05, 3.63) is 473 Å². The number of hydrogen-bond acceptors (Lipinski definition) is 7. The number of rotatable bonds is 18. The van der Waals surface area contributed by atoms with E-state index in [-0.39, 0.29) is 41.5 Å². The maximum atomic E-state index is 8.21. The third-order valence-electron chi connectivity index (χ3n) is 27.3. The first-order chi connectivity index (χ1) is 63.8. The number of hydrogen-bond donors (Lipinski definition) is 0. The molecule has 0 aromatic heterocycles. The molecule has 0 radical (unpaired) electrons. The standard InChI is InChI=1S/C125H116O7/c1-14-63-126-112-85-67-87-73-103(120(5,6)7)75-89(113(87)127-79-93-64-82-39-33-36-54-106(82)109-57-60-123(130-116(93)109,96-42-21-15-22-43-96)97-44-23-16-24-45-97)69-91-77-105(122(11,12)13)78-92(115(91)129-81-95-66-84-41-35-38-56-108(84)111-59-62-125(132-118(95)111,100-50-29-19-30-51-100)101-52-31-20-32-53-101)70-90-76-104(121(8,9)10)74-88(68-86(112)72-102(71-85)119(2,3)4)114(90)128-80-94-65-83-40-34-37-55-107(83)110-58-61-124(131-117(94)110,98-46-25-17-26-47-98)99-48-27-18-28-49-99/h15-62,64-66,71-78H,14,63,67-70,79-81H2,1-13H3. The second-order valence-electron chi connectivity index (χ2n) is 40.6. The largest absolute Gasteiger partial charge is 0.493 e. The van der Waals surface area contributed by atoms with Gasteiger partial charge in [0.2, 0.25) is 0 Å². The van der Waals surface area contributed by atoms with Gasteiger partial charge in [-0.05, 0) is 182 Å². The van der Waals surface area contributed by atoms with Gasteiger partial charge >= 0.3 is 0 Å². The lowest BCUT2D eigenvalue weighted by atomic mass is 9.79. The molecule has 0 unspecified atom stereocenters. The average molecular weight is 1730 g/mol. The van der Waals surface area contributed by atoms with Gasteiger partial charge in [-0.1, -0.05) is 393 Å². The second-order valence-corrected chi connectivity index (χ2v) is 40.6. The van der Waals surface area contributed by atoms with Crippen molar-refractivity contribution in [2.45, 2.75) is 180 Å². The average Bonchev–Trinajstić information content (AvgIpc) is 0.735. The van der Waals surface area contributed by atoms with Gasteiger partial charge < -0.3 is 33.2 Å². The van der Waals surface area contributed by atoms with Crippen molar-refractivity contribution in [2.75, 3.05) is 6.61 Å². The molecule has 7 nitrogen and oxygen atoms in total. The van der Waals surface area contributed by atoms with Gasteiger partial charge in [-0.3, -0.25) is 0 Å². The lowest BCUT2D eigenvalue weighted by Gasteiger charge is -2.37. The third-order valence-corrected chi connectivity index (χ3v) is 27.3. The zero-order valence-electron chi connectivity index (χ0n) is 78.3. The quantitative estimate of drug-likeness (QED) is 0.0848. The summed E-state index contributed by atoms with van der Waals surface area (Å²) < 4.78 is 55.6. The van der Waals surface area contributed by atoms with Gasteiger partial charge in [-0.25, -0.2) is 0 Å². The van der Waals surface area contributed by atoms with Crippen LogP contribution in [-0.4, -0.2) is 6.61 Å². The zero-order chi connectivity index (χ0) is 90.9. The highest BCUT2D eigenvalue weighted by atomic mass is 16.5. The molecule has 16 aromatic rings. The summed E-state index contributed by atoms with van der Waals surface area (Å²) in [5.41, 5.74) is 20.8. The van der Waals surface area contributed by atoms with E-state index in [1.165, 1.54) is 22.3 Å². The Morgan fingerprint density at radius 2 is 0.455 bits per heavy atom. The van der Waals surface area contributed by atoms with Crippen LogP contribution in [0.1, 0.15) is 230 Å². The van der Waals surface area contributed by atoms with Crippen LogP contribution in [0.15, 0.2) is 340 Å². The second kappa shape index (κ2) is 34.4. The summed E-state index contributed by atoms with van der Waals surface area (Å²) in [5.74, 6) is 5.58. The lowest BCUT2D eigenvalue weighted by molar-refractivity contribution is 0.155. The van der Waals surface area contributed by atoms with E-state index in [2.05, 4.69) is 448 Å². The van der Waals surface area contributed by atoms with Gasteiger partial charge in [0.15, 0.2) is 16.8 Å². The number of ether oxygens (including phenoxy) is 7. The topological polar surface area (TPSA) is 64.6 Å². The predicted octanol–water partition coefficient (Wildman–Crippen LogP) is 30.6. The van der Waals surface area contributed by atoms with Crippen LogP contribution >= 0.6 is 0 Å². The molecule has 16 aromatic carbocycles. The molecule has 1 aliphatic carbocycles. The van der Waals surface area contributed by atoms with Gasteiger partial charge in [-0.15, -0.1) is 0 Å². The Morgan fingerprint density at radius 3 is 0.667 bits per heavy atom. The highest BCUT2D eigenvalue weighted by molar-refractivity contribution is 5.98. The molecule has 0 N–H and O–H groups in total. The highest BCUT2D eigenvalue weighted by Gasteiger charge is 2.43. The summed E-state index contributed by atoms with van der Waals surface area (Å²) in [4.78, 5) is 0. The fraction of sp³-hybridized carbons (Fsp3) is 0.232. The third kappa shape index (κ3) is 16.3. The summed E-state index contributed by atoms with van der Waals surface area (Å²) in [7, 11) is 0. The van der Waals surface area contributed by atoms with Crippen LogP contribution in [0, 0.1) is 0 Å². The maximum absolute atomic E-state index is 8.21. The van der Waals surface area contributed by atoms with Gasteiger partial charge in [0.05, 0.1) is 6.61 Å².